The molecule has 0 radical (unpaired) electrons. The topological polar surface area (TPSA) is 34.4 Å². The van der Waals surface area contributed by atoms with Crippen LogP contribution >= 0.6 is 0 Å². The summed E-state index contributed by atoms with van der Waals surface area (Å²) in [6.45, 7) is 7.48. The smallest absolute Gasteiger partial charge is 0.134 e. The maximum atomic E-state index is 6.02. The van der Waals surface area contributed by atoms with Gasteiger partial charge in [0, 0.05) is 12.5 Å². The molecule has 0 saturated carbocycles. The van der Waals surface area contributed by atoms with E-state index in [0.717, 1.165) is 29.7 Å². The molecule has 0 amide bonds. The molecule has 1 aromatic heterocycles. The molecule has 3 nitrogen and oxygen atoms in total. The normalized spacial score (nSPS) is 14.8. The highest BCUT2D eigenvalue weighted by Gasteiger charge is 2.28. The molecule has 1 aromatic carbocycles. The molecular formula is C17H25NO2. The van der Waals surface area contributed by atoms with Crippen LogP contribution < -0.4 is 5.32 Å². The van der Waals surface area contributed by atoms with Crippen LogP contribution in [0.5, 0.6) is 0 Å². The zero-order valence-corrected chi connectivity index (χ0v) is 12.8. The number of benzene rings is 1. The average Bonchev–Trinajstić information content (AvgIpc) is 2.86. The van der Waals surface area contributed by atoms with E-state index in [2.05, 4.69) is 38.2 Å². The molecule has 0 saturated heterocycles. The van der Waals surface area contributed by atoms with Crippen LogP contribution in [0.25, 0.3) is 11.0 Å². The molecule has 110 valence electrons. The Balaban J connectivity index is 2.33. The molecular weight excluding hydrogens is 250 g/mol. The minimum atomic E-state index is 0.0901. The fourth-order valence-corrected chi connectivity index (χ4v) is 2.63. The number of fused-ring (bicyclic) bond motifs is 1. The summed E-state index contributed by atoms with van der Waals surface area (Å²) in [7, 11) is 1.77. The van der Waals surface area contributed by atoms with Crippen molar-refractivity contribution in [3.8, 4) is 0 Å². The molecule has 2 aromatic rings. The van der Waals surface area contributed by atoms with Gasteiger partial charge in [-0.05, 0) is 31.0 Å². The zero-order valence-electron chi connectivity index (χ0n) is 12.8. The quantitative estimate of drug-likeness (QED) is 0.824. The van der Waals surface area contributed by atoms with Gasteiger partial charge in [0.15, 0.2) is 0 Å². The standard InChI is InChI=1S/C17H25NO2/c1-5-10-18-16(17(19-4)12(2)3)15-11-13-8-6-7-9-14(13)20-15/h6-9,11-12,16-18H,5,10H2,1-4H3. The van der Waals surface area contributed by atoms with Crippen molar-refractivity contribution in [1.82, 2.24) is 5.32 Å². The van der Waals surface area contributed by atoms with Crippen LogP contribution in [0.4, 0.5) is 0 Å². The van der Waals surface area contributed by atoms with Crippen LogP contribution in [-0.4, -0.2) is 19.8 Å². The molecule has 3 heteroatoms. The van der Waals surface area contributed by atoms with E-state index in [1.54, 1.807) is 7.11 Å². The lowest BCUT2D eigenvalue weighted by atomic mass is 9.97. The summed E-state index contributed by atoms with van der Waals surface area (Å²) in [5, 5.41) is 4.70. The van der Waals surface area contributed by atoms with Gasteiger partial charge in [-0.1, -0.05) is 39.0 Å². The van der Waals surface area contributed by atoms with Crippen molar-refractivity contribution in [2.45, 2.75) is 39.3 Å². The van der Waals surface area contributed by atoms with E-state index in [-0.39, 0.29) is 12.1 Å². The fourth-order valence-electron chi connectivity index (χ4n) is 2.63. The molecule has 2 atom stereocenters. The summed E-state index contributed by atoms with van der Waals surface area (Å²) in [4.78, 5) is 0. The second-order valence-corrected chi connectivity index (χ2v) is 5.56. The molecule has 1 N–H and O–H groups in total. The van der Waals surface area contributed by atoms with E-state index in [4.69, 9.17) is 9.15 Å². The summed E-state index contributed by atoms with van der Waals surface area (Å²) in [5.41, 5.74) is 0.935. The van der Waals surface area contributed by atoms with Crippen molar-refractivity contribution < 1.29 is 9.15 Å². The van der Waals surface area contributed by atoms with Gasteiger partial charge in [0.25, 0.3) is 0 Å². The summed E-state index contributed by atoms with van der Waals surface area (Å²) in [6.07, 6.45) is 1.19. The summed E-state index contributed by atoms with van der Waals surface area (Å²) in [6, 6.07) is 10.3. The van der Waals surface area contributed by atoms with Crippen molar-refractivity contribution in [1.29, 1.82) is 0 Å². The molecule has 0 bridgehead atoms. The molecule has 2 unspecified atom stereocenters. The summed E-state index contributed by atoms with van der Waals surface area (Å²) < 4.78 is 11.7. The minimum absolute atomic E-state index is 0.0901. The second-order valence-electron chi connectivity index (χ2n) is 5.56. The van der Waals surface area contributed by atoms with Gasteiger partial charge in [-0.15, -0.1) is 0 Å². The predicted molar refractivity (Wildman–Crippen MR) is 82.9 cm³/mol. The number of rotatable bonds is 7. The fraction of sp³-hybridized carbons (Fsp3) is 0.529. The SMILES string of the molecule is CCCNC(c1cc2ccccc2o1)C(OC)C(C)C. The van der Waals surface area contributed by atoms with Crippen LogP contribution in [0.3, 0.4) is 0 Å². The summed E-state index contributed by atoms with van der Waals surface area (Å²) >= 11 is 0. The molecule has 0 spiro atoms. The monoisotopic (exact) mass is 275 g/mol. The van der Waals surface area contributed by atoms with Crippen LogP contribution in [0.15, 0.2) is 34.7 Å². The number of hydrogen-bond acceptors (Lipinski definition) is 3. The van der Waals surface area contributed by atoms with Crippen LogP contribution in [0, 0.1) is 5.92 Å². The first-order valence-electron chi connectivity index (χ1n) is 7.42. The molecule has 0 aliphatic heterocycles. The zero-order chi connectivity index (χ0) is 14.5. The Kier molecular flexibility index (Phi) is 5.21. The van der Waals surface area contributed by atoms with Crippen LogP contribution in [0.1, 0.15) is 39.0 Å². The van der Waals surface area contributed by atoms with Gasteiger partial charge >= 0.3 is 0 Å². The van der Waals surface area contributed by atoms with Crippen molar-refractivity contribution in [3.05, 3.63) is 36.1 Å². The average molecular weight is 275 g/mol. The van der Waals surface area contributed by atoms with Crippen molar-refractivity contribution in [2.75, 3.05) is 13.7 Å². The highest BCUT2D eigenvalue weighted by Crippen LogP contribution is 2.29. The molecule has 0 aliphatic carbocycles. The highest BCUT2D eigenvalue weighted by atomic mass is 16.5. The predicted octanol–water partition coefficient (Wildman–Crippen LogP) is 4.14. The Morgan fingerprint density at radius 2 is 2.00 bits per heavy atom. The Morgan fingerprint density at radius 1 is 1.25 bits per heavy atom. The maximum Gasteiger partial charge on any atom is 0.134 e. The molecule has 20 heavy (non-hydrogen) atoms. The third-order valence-electron chi connectivity index (χ3n) is 3.62. The van der Waals surface area contributed by atoms with Gasteiger partial charge in [0.05, 0.1) is 12.1 Å². The largest absolute Gasteiger partial charge is 0.459 e. The van der Waals surface area contributed by atoms with E-state index in [0.29, 0.717) is 5.92 Å². The first-order valence-corrected chi connectivity index (χ1v) is 7.42. The lowest BCUT2D eigenvalue weighted by Gasteiger charge is -2.28. The molecule has 0 aliphatic rings. The highest BCUT2D eigenvalue weighted by molar-refractivity contribution is 5.77. The van der Waals surface area contributed by atoms with E-state index < -0.39 is 0 Å². The van der Waals surface area contributed by atoms with Gasteiger partial charge in [0.2, 0.25) is 0 Å². The van der Waals surface area contributed by atoms with Gasteiger partial charge in [-0.3, -0.25) is 0 Å². The van der Waals surface area contributed by atoms with Crippen molar-refractivity contribution in [2.24, 2.45) is 5.92 Å². The van der Waals surface area contributed by atoms with Crippen LogP contribution in [0.2, 0.25) is 0 Å². The van der Waals surface area contributed by atoms with Gasteiger partial charge in [-0.2, -0.15) is 0 Å². The van der Waals surface area contributed by atoms with E-state index in [1.807, 2.05) is 18.2 Å². The Morgan fingerprint density at radius 3 is 2.60 bits per heavy atom. The number of ether oxygens (including phenoxy) is 1. The minimum Gasteiger partial charge on any atom is -0.459 e. The van der Waals surface area contributed by atoms with Gasteiger partial charge in [-0.25, -0.2) is 0 Å². The van der Waals surface area contributed by atoms with Gasteiger partial charge < -0.3 is 14.5 Å². The van der Waals surface area contributed by atoms with E-state index in [1.165, 1.54) is 0 Å². The molecule has 2 rings (SSSR count). The van der Waals surface area contributed by atoms with Crippen molar-refractivity contribution in [3.63, 3.8) is 0 Å². The maximum absolute atomic E-state index is 6.02. The Labute approximate surface area is 121 Å². The number of methoxy groups -OCH3 is 1. The first kappa shape index (κ1) is 15.1. The second kappa shape index (κ2) is 6.91. The third-order valence-corrected chi connectivity index (χ3v) is 3.62. The van der Waals surface area contributed by atoms with Gasteiger partial charge in [0.1, 0.15) is 11.3 Å². The van der Waals surface area contributed by atoms with E-state index in [9.17, 15) is 0 Å². The van der Waals surface area contributed by atoms with Crippen molar-refractivity contribution >= 4 is 11.0 Å². The Bertz CT molecular complexity index is 500. The molecule has 0 fully saturated rings. The molecule has 1 heterocycles. The lowest BCUT2D eigenvalue weighted by molar-refractivity contribution is 0.0269. The van der Waals surface area contributed by atoms with Crippen LogP contribution in [-0.2, 0) is 4.74 Å². The number of nitrogens with one attached hydrogen (secondary N) is 1. The lowest BCUT2D eigenvalue weighted by Crippen LogP contribution is -2.36. The number of hydrogen-bond donors (Lipinski definition) is 1. The first-order chi connectivity index (χ1) is 9.67. The number of para-hydroxylation sites is 1. The summed E-state index contributed by atoms with van der Waals surface area (Å²) in [5.74, 6) is 1.38. The number of furan rings is 1. The van der Waals surface area contributed by atoms with E-state index >= 15 is 0 Å². The Hall–Kier alpha value is -1.32. The third kappa shape index (κ3) is 3.22.